The van der Waals surface area contributed by atoms with E-state index in [0.717, 1.165) is 11.8 Å². The van der Waals surface area contributed by atoms with E-state index in [4.69, 9.17) is 4.74 Å². The average molecular weight is 166 g/mol. The molecule has 1 nitrogen and oxygen atoms in total. The molecule has 0 N–H and O–H groups in total. The Bertz CT molecular complexity index is 158. The molecular weight excluding hydrogens is 148 g/mol. The van der Waals surface area contributed by atoms with Crippen LogP contribution in [0, 0.1) is 11.8 Å². The van der Waals surface area contributed by atoms with Crippen molar-refractivity contribution >= 4 is 0 Å². The largest absolute Gasteiger partial charge is 0.374 e. The van der Waals surface area contributed by atoms with E-state index in [1.54, 1.807) is 0 Å². The SMILES string of the molecule is C1CCC2OC3CCC3CC2C1. The molecule has 0 aromatic heterocycles. The van der Waals surface area contributed by atoms with Gasteiger partial charge in [-0.15, -0.1) is 0 Å². The predicted octanol–water partition coefficient (Wildman–Crippen LogP) is 2.74. The minimum atomic E-state index is 0.667. The number of ether oxygens (including phenoxy) is 1. The van der Waals surface area contributed by atoms with Gasteiger partial charge in [-0.05, 0) is 43.9 Å². The normalized spacial score (nSPS) is 52.0. The topological polar surface area (TPSA) is 9.23 Å². The number of hydrogen-bond donors (Lipinski definition) is 0. The Balaban J connectivity index is 1.70. The van der Waals surface area contributed by atoms with Gasteiger partial charge in [0.2, 0.25) is 0 Å². The van der Waals surface area contributed by atoms with Crippen molar-refractivity contribution in [2.45, 2.75) is 57.2 Å². The fourth-order valence-corrected chi connectivity index (χ4v) is 3.22. The van der Waals surface area contributed by atoms with Crippen LogP contribution in [0.4, 0.5) is 0 Å². The quantitative estimate of drug-likeness (QED) is 0.537. The van der Waals surface area contributed by atoms with Gasteiger partial charge in [-0.25, -0.2) is 0 Å². The van der Waals surface area contributed by atoms with E-state index in [9.17, 15) is 0 Å². The van der Waals surface area contributed by atoms with Crippen molar-refractivity contribution in [3.8, 4) is 0 Å². The molecule has 3 aliphatic rings. The Hall–Kier alpha value is -0.0400. The van der Waals surface area contributed by atoms with Crippen LogP contribution in [-0.2, 0) is 4.74 Å². The molecule has 0 amide bonds. The first-order valence-corrected chi connectivity index (χ1v) is 5.59. The second-order valence-corrected chi connectivity index (χ2v) is 4.83. The lowest BCUT2D eigenvalue weighted by molar-refractivity contribution is -0.167. The molecule has 1 saturated heterocycles. The molecule has 1 heterocycles. The van der Waals surface area contributed by atoms with Crippen molar-refractivity contribution in [2.24, 2.45) is 11.8 Å². The molecule has 12 heavy (non-hydrogen) atoms. The van der Waals surface area contributed by atoms with Gasteiger partial charge in [0.15, 0.2) is 0 Å². The summed E-state index contributed by atoms with van der Waals surface area (Å²) in [5.41, 5.74) is 0. The molecule has 3 fully saturated rings. The van der Waals surface area contributed by atoms with Crippen LogP contribution in [0.25, 0.3) is 0 Å². The fourth-order valence-electron chi connectivity index (χ4n) is 3.22. The lowest BCUT2D eigenvalue weighted by atomic mass is 9.69. The number of fused-ring (bicyclic) bond motifs is 2. The van der Waals surface area contributed by atoms with Gasteiger partial charge in [0.25, 0.3) is 0 Å². The van der Waals surface area contributed by atoms with Gasteiger partial charge in [0.1, 0.15) is 0 Å². The average Bonchev–Trinajstić information content (AvgIpc) is 2.09. The summed E-state index contributed by atoms with van der Waals surface area (Å²) in [6.45, 7) is 0. The highest BCUT2D eigenvalue weighted by atomic mass is 16.5. The van der Waals surface area contributed by atoms with Gasteiger partial charge in [0.05, 0.1) is 12.2 Å². The van der Waals surface area contributed by atoms with Crippen LogP contribution in [0.1, 0.15) is 44.9 Å². The van der Waals surface area contributed by atoms with Crippen LogP contribution in [0.2, 0.25) is 0 Å². The van der Waals surface area contributed by atoms with Crippen LogP contribution < -0.4 is 0 Å². The Kier molecular flexibility index (Phi) is 1.68. The summed E-state index contributed by atoms with van der Waals surface area (Å²) < 4.78 is 6.09. The third-order valence-corrected chi connectivity index (χ3v) is 4.14. The summed E-state index contributed by atoms with van der Waals surface area (Å²) in [6.07, 6.45) is 11.3. The summed E-state index contributed by atoms with van der Waals surface area (Å²) in [5, 5.41) is 0. The second-order valence-electron chi connectivity index (χ2n) is 4.83. The van der Waals surface area contributed by atoms with E-state index >= 15 is 0 Å². The van der Waals surface area contributed by atoms with E-state index in [1.165, 1.54) is 44.9 Å². The Morgan fingerprint density at radius 3 is 2.33 bits per heavy atom. The minimum absolute atomic E-state index is 0.667. The van der Waals surface area contributed by atoms with Crippen molar-refractivity contribution < 1.29 is 4.74 Å². The Labute approximate surface area is 74.5 Å². The van der Waals surface area contributed by atoms with Gasteiger partial charge in [0, 0.05) is 0 Å². The molecular formula is C11H18O. The van der Waals surface area contributed by atoms with Gasteiger partial charge in [-0.3, -0.25) is 0 Å². The standard InChI is InChI=1S/C11H18O/c1-2-4-10-8(3-1)7-9-5-6-11(9)12-10/h8-11H,1-7H2. The van der Waals surface area contributed by atoms with Crippen LogP contribution in [0.3, 0.4) is 0 Å². The van der Waals surface area contributed by atoms with Gasteiger partial charge < -0.3 is 4.74 Å². The lowest BCUT2D eigenvalue weighted by Gasteiger charge is -2.49. The zero-order valence-corrected chi connectivity index (χ0v) is 7.67. The third kappa shape index (κ3) is 1.02. The summed E-state index contributed by atoms with van der Waals surface area (Å²) in [4.78, 5) is 0. The van der Waals surface area contributed by atoms with E-state index in [1.807, 2.05) is 0 Å². The second kappa shape index (κ2) is 2.73. The van der Waals surface area contributed by atoms with Crippen molar-refractivity contribution in [1.29, 1.82) is 0 Å². The van der Waals surface area contributed by atoms with E-state index in [0.29, 0.717) is 12.2 Å². The molecule has 3 rings (SSSR count). The monoisotopic (exact) mass is 166 g/mol. The first-order valence-electron chi connectivity index (χ1n) is 5.59. The zero-order chi connectivity index (χ0) is 7.97. The smallest absolute Gasteiger partial charge is 0.0607 e. The first kappa shape index (κ1) is 7.37. The molecule has 2 aliphatic carbocycles. The fraction of sp³-hybridized carbons (Fsp3) is 1.00. The maximum Gasteiger partial charge on any atom is 0.0607 e. The Morgan fingerprint density at radius 2 is 1.50 bits per heavy atom. The molecule has 68 valence electrons. The van der Waals surface area contributed by atoms with Crippen LogP contribution >= 0.6 is 0 Å². The first-order chi connectivity index (χ1) is 5.93. The van der Waals surface area contributed by atoms with Crippen molar-refractivity contribution in [3.05, 3.63) is 0 Å². The summed E-state index contributed by atoms with van der Waals surface area (Å²) >= 11 is 0. The van der Waals surface area contributed by atoms with Gasteiger partial charge in [-0.2, -0.15) is 0 Å². The summed E-state index contributed by atoms with van der Waals surface area (Å²) in [6, 6.07) is 0. The maximum atomic E-state index is 6.09. The van der Waals surface area contributed by atoms with E-state index < -0.39 is 0 Å². The molecule has 0 bridgehead atoms. The summed E-state index contributed by atoms with van der Waals surface area (Å²) in [5.74, 6) is 1.91. The molecule has 1 aliphatic heterocycles. The number of hydrogen-bond acceptors (Lipinski definition) is 1. The third-order valence-electron chi connectivity index (χ3n) is 4.14. The van der Waals surface area contributed by atoms with Crippen LogP contribution in [-0.4, -0.2) is 12.2 Å². The summed E-state index contributed by atoms with van der Waals surface area (Å²) in [7, 11) is 0. The minimum Gasteiger partial charge on any atom is -0.374 e. The maximum absolute atomic E-state index is 6.09. The molecule has 1 heteroatoms. The lowest BCUT2D eigenvalue weighted by Crippen LogP contribution is -2.47. The van der Waals surface area contributed by atoms with Crippen LogP contribution in [0.5, 0.6) is 0 Å². The van der Waals surface area contributed by atoms with Gasteiger partial charge >= 0.3 is 0 Å². The molecule has 4 unspecified atom stereocenters. The molecule has 0 radical (unpaired) electrons. The van der Waals surface area contributed by atoms with Crippen LogP contribution in [0.15, 0.2) is 0 Å². The van der Waals surface area contributed by atoms with E-state index in [2.05, 4.69) is 0 Å². The highest BCUT2D eigenvalue weighted by molar-refractivity contribution is 4.92. The molecule has 4 atom stereocenters. The predicted molar refractivity (Wildman–Crippen MR) is 48.0 cm³/mol. The highest BCUT2D eigenvalue weighted by Gasteiger charge is 2.43. The van der Waals surface area contributed by atoms with Gasteiger partial charge in [-0.1, -0.05) is 12.8 Å². The van der Waals surface area contributed by atoms with Crippen molar-refractivity contribution in [2.75, 3.05) is 0 Å². The molecule has 0 aromatic rings. The van der Waals surface area contributed by atoms with Crippen molar-refractivity contribution in [3.63, 3.8) is 0 Å². The number of rotatable bonds is 0. The zero-order valence-electron chi connectivity index (χ0n) is 7.67. The molecule has 0 aromatic carbocycles. The molecule has 0 spiro atoms. The van der Waals surface area contributed by atoms with Crippen molar-refractivity contribution in [1.82, 2.24) is 0 Å². The Morgan fingerprint density at radius 1 is 0.750 bits per heavy atom. The molecule has 2 saturated carbocycles. The van der Waals surface area contributed by atoms with E-state index in [-0.39, 0.29) is 0 Å². The highest BCUT2D eigenvalue weighted by Crippen LogP contribution is 2.46.